The van der Waals surface area contributed by atoms with Crippen molar-refractivity contribution in [3.05, 3.63) is 58.1 Å². The lowest BCUT2D eigenvalue weighted by molar-refractivity contribution is -0.383. The molecule has 0 spiro atoms. The topological polar surface area (TPSA) is 88.2 Å². The normalized spacial score (nSPS) is 11.5. The Labute approximate surface area is 154 Å². The van der Waals surface area contributed by atoms with Crippen molar-refractivity contribution in [2.45, 2.75) is 38.9 Å². The molecule has 0 saturated heterocycles. The zero-order valence-electron chi connectivity index (χ0n) is 15.7. The number of hydrogen-bond donors (Lipinski definition) is 1. The van der Waals surface area contributed by atoms with E-state index in [4.69, 9.17) is 9.69 Å². The number of benzene rings is 2. The van der Waals surface area contributed by atoms with Crippen LogP contribution in [0.15, 0.2) is 42.5 Å². The molecule has 2 aromatic rings. The molecule has 2 aromatic carbocycles. The van der Waals surface area contributed by atoms with Crippen LogP contribution in [0.4, 0.5) is 17.1 Å². The van der Waals surface area contributed by atoms with Crippen molar-refractivity contribution >= 4 is 25.4 Å². The minimum Gasteiger partial charge on any atom is -0.544 e. The number of hydrogen-bond acceptors (Lipinski definition) is 5. The van der Waals surface area contributed by atoms with E-state index in [2.05, 4.69) is 39.2 Å². The average molecular weight is 369 g/mol. The molecule has 0 unspecified atom stereocenters. The van der Waals surface area contributed by atoms with Gasteiger partial charge in [0.1, 0.15) is 11.4 Å². The van der Waals surface area contributed by atoms with Gasteiger partial charge in [0.05, 0.1) is 16.6 Å². The largest absolute Gasteiger partial charge is 0.544 e. The Morgan fingerprint density at radius 2 is 1.77 bits per heavy atom. The second kappa shape index (κ2) is 7.18. The number of anilines is 2. The first-order valence-corrected chi connectivity index (χ1v) is 11.2. The van der Waals surface area contributed by atoms with Gasteiger partial charge >= 0.3 is 0 Å². The van der Waals surface area contributed by atoms with Gasteiger partial charge in [-0.25, -0.2) is 0 Å². The molecule has 0 heterocycles. The Kier molecular flexibility index (Phi) is 5.38. The molecule has 0 amide bonds. The molecule has 2 rings (SSSR count). The fraction of sp³-hybridized carbons (Fsp3) is 0.316. The summed E-state index contributed by atoms with van der Waals surface area (Å²) in [5.41, 5.74) is 1.25. The summed E-state index contributed by atoms with van der Waals surface area (Å²) in [6.45, 7) is 10.9. The minimum atomic E-state index is -1.92. The highest BCUT2D eigenvalue weighted by Gasteiger charge is 2.38. The van der Waals surface area contributed by atoms with Crippen LogP contribution in [0.3, 0.4) is 0 Å². The van der Waals surface area contributed by atoms with Crippen LogP contribution < -0.4 is 9.74 Å². The number of rotatable bonds is 5. The first-order valence-electron chi connectivity index (χ1n) is 8.28. The van der Waals surface area contributed by atoms with Gasteiger partial charge in [-0.1, -0.05) is 20.8 Å². The smallest absolute Gasteiger partial charge is 0.292 e. The fourth-order valence-electron chi connectivity index (χ4n) is 2.07. The summed E-state index contributed by atoms with van der Waals surface area (Å²) >= 11 is 0. The summed E-state index contributed by atoms with van der Waals surface area (Å²) in [4.78, 5) is 10.7. The van der Waals surface area contributed by atoms with E-state index in [0.29, 0.717) is 11.3 Å². The van der Waals surface area contributed by atoms with Crippen LogP contribution in [-0.4, -0.2) is 13.2 Å². The number of nitrogens with one attached hydrogen (secondary N) is 1. The Morgan fingerprint density at radius 3 is 2.27 bits per heavy atom. The molecule has 0 radical (unpaired) electrons. The quantitative estimate of drug-likeness (QED) is 0.421. The van der Waals surface area contributed by atoms with E-state index in [9.17, 15) is 10.1 Å². The zero-order chi connectivity index (χ0) is 19.5. The monoisotopic (exact) mass is 369 g/mol. The van der Waals surface area contributed by atoms with E-state index in [1.54, 1.807) is 0 Å². The molecular formula is C19H23N3O3Si. The Morgan fingerprint density at radius 1 is 1.15 bits per heavy atom. The standard InChI is InChI=1S/C19H23N3O3Si/c1-19(2,3)26(4,5)25-16-9-7-15(8-10-16)21-17-12-14(13-20)6-11-18(17)22(23)24/h6-12,21H,1-5H3. The van der Waals surface area contributed by atoms with Gasteiger partial charge in [0.15, 0.2) is 0 Å². The van der Waals surface area contributed by atoms with E-state index in [0.717, 1.165) is 5.75 Å². The predicted octanol–water partition coefficient (Wildman–Crippen LogP) is 5.59. The summed E-state index contributed by atoms with van der Waals surface area (Å²) in [5, 5.41) is 23.3. The van der Waals surface area contributed by atoms with Crippen molar-refractivity contribution in [1.29, 1.82) is 5.26 Å². The highest BCUT2D eigenvalue weighted by molar-refractivity contribution is 6.74. The Balaban J connectivity index is 2.23. The lowest BCUT2D eigenvalue weighted by Crippen LogP contribution is -2.43. The number of nitriles is 1. The second-order valence-corrected chi connectivity index (χ2v) is 12.3. The lowest BCUT2D eigenvalue weighted by Gasteiger charge is -2.36. The van der Waals surface area contributed by atoms with Crippen LogP contribution in [0.5, 0.6) is 5.75 Å². The molecule has 0 aliphatic carbocycles. The number of nitro benzene ring substituents is 1. The molecule has 7 heteroatoms. The maximum Gasteiger partial charge on any atom is 0.292 e. The molecule has 0 fully saturated rings. The molecule has 0 aliphatic rings. The summed E-state index contributed by atoms with van der Waals surface area (Å²) in [5.74, 6) is 0.780. The van der Waals surface area contributed by atoms with Crippen molar-refractivity contribution in [2.24, 2.45) is 0 Å². The lowest BCUT2D eigenvalue weighted by atomic mass is 10.2. The maximum atomic E-state index is 11.2. The Bertz CT molecular complexity index is 850. The van der Waals surface area contributed by atoms with Crippen LogP contribution in [0.1, 0.15) is 26.3 Å². The van der Waals surface area contributed by atoms with Crippen LogP contribution in [0.2, 0.25) is 18.1 Å². The third-order valence-electron chi connectivity index (χ3n) is 4.63. The third-order valence-corrected chi connectivity index (χ3v) is 8.99. The van der Waals surface area contributed by atoms with Crippen LogP contribution in [-0.2, 0) is 0 Å². The summed E-state index contributed by atoms with van der Waals surface area (Å²) in [6.07, 6.45) is 0. The van der Waals surface area contributed by atoms with Gasteiger partial charge in [-0.3, -0.25) is 10.1 Å². The van der Waals surface area contributed by atoms with Crippen LogP contribution in [0, 0.1) is 21.4 Å². The summed E-state index contributed by atoms with van der Waals surface area (Å²) in [6, 6.07) is 13.5. The molecular weight excluding hydrogens is 346 g/mol. The van der Waals surface area contributed by atoms with Gasteiger partial charge in [-0.15, -0.1) is 0 Å². The van der Waals surface area contributed by atoms with E-state index >= 15 is 0 Å². The molecule has 0 atom stereocenters. The highest BCUT2D eigenvalue weighted by atomic mass is 28.4. The molecule has 26 heavy (non-hydrogen) atoms. The van der Waals surface area contributed by atoms with Crippen LogP contribution >= 0.6 is 0 Å². The van der Waals surface area contributed by atoms with Crippen molar-refractivity contribution in [2.75, 3.05) is 5.32 Å². The van der Waals surface area contributed by atoms with Crippen LogP contribution in [0.25, 0.3) is 0 Å². The van der Waals surface area contributed by atoms with Crippen molar-refractivity contribution in [1.82, 2.24) is 0 Å². The van der Waals surface area contributed by atoms with Gasteiger partial charge in [0.25, 0.3) is 5.69 Å². The molecule has 1 N–H and O–H groups in total. The van der Waals surface area contributed by atoms with Gasteiger partial charge in [0, 0.05) is 11.8 Å². The van der Waals surface area contributed by atoms with Gasteiger partial charge in [-0.2, -0.15) is 5.26 Å². The highest BCUT2D eigenvalue weighted by Crippen LogP contribution is 2.37. The first-order chi connectivity index (χ1) is 12.0. The first kappa shape index (κ1) is 19.5. The molecule has 6 nitrogen and oxygen atoms in total. The maximum absolute atomic E-state index is 11.2. The summed E-state index contributed by atoms with van der Waals surface area (Å²) < 4.78 is 6.23. The van der Waals surface area contributed by atoms with Crippen molar-refractivity contribution in [3.8, 4) is 11.8 Å². The third kappa shape index (κ3) is 4.40. The number of nitro groups is 1. The SMILES string of the molecule is CC(C)(C)[Si](C)(C)Oc1ccc(Nc2cc(C#N)ccc2[N+](=O)[O-])cc1. The summed E-state index contributed by atoms with van der Waals surface area (Å²) in [7, 11) is -1.92. The van der Waals surface area contributed by atoms with Crippen molar-refractivity contribution < 1.29 is 9.35 Å². The average Bonchev–Trinajstić information content (AvgIpc) is 2.55. The van der Waals surface area contributed by atoms with Gasteiger partial charge < -0.3 is 9.74 Å². The minimum absolute atomic E-state index is 0.0781. The molecule has 0 saturated carbocycles. The van der Waals surface area contributed by atoms with E-state index < -0.39 is 13.2 Å². The van der Waals surface area contributed by atoms with E-state index in [-0.39, 0.29) is 16.4 Å². The van der Waals surface area contributed by atoms with Crippen molar-refractivity contribution in [3.63, 3.8) is 0 Å². The van der Waals surface area contributed by atoms with E-state index in [1.165, 1.54) is 18.2 Å². The Hall–Kier alpha value is -2.85. The molecule has 0 bridgehead atoms. The fourth-order valence-corrected chi connectivity index (χ4v) is 3.11. The van der Waals surface area contributed by atoms with Gasteiger partial charge in [-0.05, 0) is 54.5 Å². The molecule has 0 aromatic heterocycles. The second-order valence-electron chi connectivity index (χ2n) is 7.61. The van der Waals surface area contributed by atoms with E-state index in [1.807, 2.05) is 30.3 Å². The number of nitrogens with zero attached hydrogens (tertiary/aromatic N) is 2. The molecule has 0 aliphatic heterocycles. The predicted molar refractivity (Wildman–Crippen MR) is 105 cm³/mol. The van der Waals surface area contributed by atoms with Gasteiger partial charge in [0.2, 0.25) is 8.32 Å². The zero-order valence-corrected chi connectivity index (χ0v) is 16.7. The molecule has 136 valence electrons.